The quantitative estimate of drug-likeness (QED) is 0.486. The van der Waals surface area contributed by atoms with Crippen molar-refractivity contribution in [1.29, 1.82) is 0 Å². The summed E-state index contributed by atoms with van der Waals surface area (Å²) in [6.45, 7) is 1.63. The lowest BCUT2D eigenvalue weighted by Crippen LogP contribution is -2.14. The standard InChI is InChI=1S/C19H19NO5/c1-12-10-14(17(18(21)22)19(23)24)11-16(25-12)9-6-13-4-7-15(8-5-13)20(2)3/h4-11H,1-3H3,(H,21,22)(H,23,24)/b9-6+. The largest absolute Gasteiger partial charge is 0.477 e. The number of carbonyl (C=O) groups is 2. The Morgan fingerprint density at radius 1 is 1.00 bits per heavy atom. The number of hydrogen-bond donors (Lipinski definition) is 2. The van der Waals surface area contributed by atoms with E-state index in [4.69, 9.17) is 14.9 Å². The number of allylic oxidation sites excluding steroid dienone is 5. The van der Waals surface area contributed by atoms with Gasteiger partial charge >= 0.3 is 11.9 Å². The molecule has 0 fully saturated rings. The highest BCUT2D eigenvalue weighted by atomic mass is 16.5. The molecular formula is C19H19NO5. The van der Waals surface area contributed by atoms with Crippen molar-refractivity contribution < 1.29 is 24.5 Å². The average Bonchev–Trinajstić information content (AvgIpc) is 2.52. The van der Waals surface area contributed by atoms with Crippen molar-refractivity contribution in [2.24, 2.45) is 0 Å². The van der Waals surface area contributed by atoms with Gasteiger partial charge in [-0.2, -0.15) is 0 Å². The maximum Gasteiger partial charge on any atom is 0.343 e. The smallest absolute Gasteiger partial charge is 0.343 e. The lowest BCUT2D eigenvalue weighted by molar-refractivity contribution is -0.140. The molecule has 0 spiro atoms. The van der Waals surface area contributed by atoms with Gasteiger partial charge in [-0.05, 0) is 42.8 Å². The van der Waals surface area contributed by atoms with E-state index in [-0.39, 0.29) is 5.57 Å². The number of ether oxygens (including phenoxy) is 1. The molecular weight excluding hydrogens is 322 g/mol. The van der Waals surface area contributed by atoms with Crippen LogP contribution in [-0.4, -0.2) is 36.2 Å². The molecule has 0 aromatic heterocycles. The molecule has 130 valence electrons. The number of hydrogen-bond acceptors (Lipinski definition) is 4. The van der Waals surface area contributed by atoms with Crippen LogP contribution in [0, 0.1) is 0 Å². The maximum absolute atomic E-state index is 11.2. The van der Waals surface area contributed by atoms with Crippen molar-refractivity contribution in [2.45, 2.75) is 6.92 Å². The first-order valence-electron chi connectivity index (χ1n) is 7.52. The van der Waals surface area contributed by atoms with Crippen molar-refractivity contribution in [2.75, 3.05) is 19.0 Å². The van der Waals surface area contributed by atoms with Crippen LogP contribution < -0.4 is 4.90 Å². The zero-order valence-electron chi connectivity index (χ0n) is 14.2. The molecule has 1 heterocycles. The first-order valence-corrected chi connectivity index (χ1v) is 7.52. The number of aliphatic carboxylic acids is 2. The van der Waals surface area contributed by atoms with E-state index in [1.807, 2.05) is 49.3 Å². The lowest BCUT2D eigenvalue weighted by Gasteiger charge is -2.14. The second-order valence-corrected chi connectivity index (χ2v) is 5.66. The van der Waals surface area contributed by atoms with E-state index in [1.54, 1.807) is 13.0 Å². The zero-order chi connectivity index (χ0) is 18.6. The number of carboxylic acid groups (broad SMARTS) is 2. The van der Waals surface area contributed by atoms with Gasteiger partial charge in [0.05, 0.1) is 0 Å². The summed E-state index contributed by atoms with van der Waals surface area (Å²) >= 11 is 0. The molecule has 6 heteroatoms. The first kappa shape index (κ1) is 18.1. The van der Waals surface area contributed by atoms with Crippen molar-refractivity contribution in [1.82, 2.24) is 0 Å². The molecule has 0 bridgehead atoms. The summed E-state index contributed by atoms with van der Waals surface area (Å²) in [6, 6.07) is 7.82. The van der Waals surface area contributed by atoms with Crippen molar-refractivity contribution in [3.63, 3.8) is 0 Å². The van der Waals surface area contributed by atoms with Crippen LogP contribution in [0.2, 0.25) is 0 Å². The van der Waals surface area contributed by atoms with Gasteiger partial charge in [0.1, 0.15) is 11.5 Å². The van der Waals surface area contributed by atoms with Crippen LogP contribution in [0.4, 0.5) is 5.69 Å². The fraction of sp³-hybridized carbons (Fsp3) is 0.158. The summed E-state index contributed by atoms with van der Waals surface area (Å²) in [4.78, 5) is 24.3. The molecule has 2 N–H and O–H groups in total. The van der Waals surface area contributed by atoms with Crippen LogP contribution in [0.25, 0.3) is 6.08 Å². The van der Waals surface area contributed by atoms with E-state index < -0.39 is 17.5 Å². The Bertz CT molecular complexity index is 795. The summed E-state index contributed by atoms with van der Waals surface area (Å²) < 4.78 is 5.52. The summed E-state index contributed by atoms with van der Waals surface area (Å²) in [6.07, 6.45) is 6.27. The summed E-state index contributed by atoms with van der Waals surface area (Å²) in [7, 11) is 3.91. The minimum Gasteiger partial charge on any atom is -0.477 e. The minimum atomic E-state index is -1.49. The van der Waals surface area contributed by atoms with E-state index in [2.05, 4.69) is 0 Å². The predicted molar refractivity (Wildman–Crippen MR) is 95.0 cm³/mol. The van der Waals surface area contributed by atoms with Gasteiger partial charge in [-0.15, -0.1) is 0 Å². The van der Waals surface area contributed by atoms with Gasteiger partial charge in [0.2, 0.25) is 0 Å². The fourth-order valence-corrected chi connectivity index (χ4v) is 2.29. The van der Waals surface area contributed by atoms with E-state index >= 15 is 0 Å². The summed E-state index contributed by atoms with van der Waals surface area (Å²) in [5, 5.41) is 18.2. The second-order valence-electron chi connectivity index (χ2n) is 5.66. The van der Waals surface area contributed by atoms with Crippen LogP contribution in [0.1, 0.15) is 12.5 Å². The molecule has 6 nitrogen and oxygen atoms in total. The molecule has 0 atom stereocenters. The Hall–Kier alpha value is -3.28. The molecule has 0 aliphatic carbocycles. The number of benzene rings is 1. The molecule has 0 saturated carbocycles. The maximum atomic E-state index is 11.2. The highest BCUT2D eigenvalue weighted by molar-refractivity contribution is 6.14. The third-order valence-electron chi connectivity index (χ3n) is 3.50. The lowest BCUT2D eigenvalue weighted by atomic mass is 10.0. The summed E-state index contributed by atoms with van der Waals surface area (Å²) in [5.41, 5.74) is 1.40. The van der Waals surface area contributed by atoms with Crippen molar-refractivity contribution in [3.8, 4) is 0 Å². The van der Waals surface area contributed by atoms with Crippen LogP contribution >= 0.6 is 0 Å². The Morgan fingerprint density at radius 2 is 1.60 bits per heavy atom. The Balaban J connectivity index is 2.31. The third-order valence-corrected chi connectivity index (χ3v) is 3.50. The molecule has 0 saturated heterocycles. The molecule has 0 radical (unpaired) electrons. The van der Waals surface area contributed by atoms with Gasteiger partial charge in [0.25, 0.3) is 0 Å². The van der Waals surface area contributed by atoms with E-state index in [0.717, 1.165) is 11.3 Å². The normalized spacial score (nSPS) is 13.8. The van der Waals surface area contributed by atoms with Crippen LogP contribution in [-0.2, 0) is 14.3 Å². The van der Waals surface area contributed by atoms with Crippen molar-refractivity contribution >= 4 is 23.7 Å². The van der Waals surface area contributed by atoms with Gasteiger partial charge in [-0.1, -0.05) is 18.2 Å². The predicted octanol–water partition coefficient (Wildman–Crippen LogP) is 3.05. The monoisotopic (exact) mass is 341 g/mol. The minimum absolute atomic E-state index is 0.0892. The second kappa shape index (κ2) is 7.53. The molecule has 2 rings (SSSR count). The summed E-state index contributed by atoms with van der Waals surface area (Å²) in [5.74, 6) is -2.20. The highest BCUT2D eigenvalue weighted by Gasteiger charge is 2.22. The Labute approximate surface area is 145 Å². The van der Waals surface area contributed by atoms with Gasteiger partial charge in [0.15, 0.2) is 5.57 Å². The molecule has 25 heavy (non-hydrogen) atoms. The number of anilines is 1. The number of rotatable bonds is 5. The van der Waals surface area contributed by atoms with Crippen LogP contribution in [0.5, 0.6) is 0 Å². The fourth-order valence-electron chi connectivity index (χ4n) is 2.29. The average molecular weight is 341 g/mol. The van der Waals surface area contributed by atoms with E-state index in [0.29, 0.717) is 11.5 Å². The topological polar surface area (TPSA) is 87.1 Å². The molecule has 1 aliphatic rings. The van der Waals surface area contributed by atoms with Gasteiger partial charge in [-0.25, -0.2) is 9.59 Å². The van der Waals surface area contributed by atoms with Crippen molar-refractivity contribution in [3.05, 3.63) is 70.7 Å². The number of carboxylic acids is 2. The van der Waals surface area contributed by atoms with Crippen LogP contribution in [0.15, 0.2) is 65.2 Å². The SMILES string of the molecule is CC1=CC(=C(C(=O)O)C(=O)O)C=C(/C=C/c2ccc(N(C)C)cc2)O1. The van der Waals surface area contributed by atoms with Gasteiger partial charge in [-0.3, -0.25) is 0 Å². The third kappa shape index (κ3) is 4.60. The Kier molecular flexibility index (Phi) is 5.44. The molecule has 0 amide bonds. The van der Waals surface area contributed by atoms with E-state index in [9.17, 15) is 9.59 Å². The van der Waals surface area contributed by atoms with Crippen LogP contribution in [0.3, 0.4) is 0 Å². The zero-order valence-corrected chi connectivity index (χ0v) is 14.2. The molecule has 0 unspecified atom stereocenters. The van der Waals surface area contributed by atoms with Gasteiger partial charge in [0, 0.05) is 25.4 Å². The Morgan fingerprint density at radius 3 is 2.12 bits per heavy atom. The molecule has 1 aliphatic heterocycles. The van der Waals surface area contributed by atoms with Gasteiger partial charge < -0.3 is 19.8 Å². The first-order chi connectivity index (χ1) is 11.8. The van der Waals surface area contributed by atoms with E-state index in [1.165, 1.54) is 12.2 Å². The number of nitrogens with zero attached hydrogens (tertiary/aromatic N) is 1. The molecule has 1 aromatic rings. The molecule has 1 aromatic carbocycles. The highest BCUT2D eigenvalue weighted by Crippen LogP contribution is 2.23.